The first-order chi connectivity index (χ1) is 13.4. The smallest absolute Gasteiger partial charge is 0.228 e. The minimum Gasteiger partial charge on any atom is -0.383 e. The van der Waals surface area contributed by atoms with E-state index in [0.717, 1.165) is 6.07 Å². The predicted molar refractivity (Wildman–Crippen MR) is 101 cm³/mol. The van der Waals surface area contributed by atoms with Crippen molar-refractivity contribution in [2.75, 3.05) is 36.8 Å². The lowest BCUT2D eigenvalue weighted by molar-refractivity contribution is -0.129. The number of benzene rings is 1. The van der Waals surface area contributed by atoms with E-state index in [-0.39, 0.29) is 23.0 Å². The van der Waals surface area contributed by atoms with Crippen molar-refractivity contribution in [3.05, 3.63) is 29.8 Å². The summed E-state index contributed by atoms with van der Waals surface area (Å²) in [5.41, 5.74) is 6.58. The monoisotopic (exact) mass is 387 g/mol. The molecule has 3 heterocycles. The van der Waals surface area contributed by atoms with Gasteiger partial charge in [-0.2, -0.15) is 10.1 Å². The van der Waals surface area contributed by atoms with Crippen LogP contribution in [-0.4, -0.2) is 56.7 Å². The van der Waals surface area contributed by atoms with Gasteiger partial charge in [-0.3, -0.25) is 9.48 Å². The largest absolute Gasteiger partial charge is 0.383 e. The number of anilines is 2. The molecule has 0 radical (unpaired) electrons. The average Bonchev–Trinajstić information content (AvgIpc) is 2.97. The van der Waals surface area contributed by atoms with Crippen LogP contribution in [0.5, 0.6) is 0 Å². The fourth-order valence-corrected chi connectivity index (χ4v) is 3.35. The molecule has 2 aromatic heterocycles. The number of nitrogen functional groups attached to an aromatic ring is 1. The Balaban J connectivity index is 1.84. The maximum absolute atomic E-state index is 14.5. The predicted octanol–water partition coefficient (Wildman–Crippen LogP) is 1.56. The minimum atomic E-state index is -1.00. The van der Waals surface area contributed by atoms with Gasteiger partial charge in [-0.15, -0.1) is 0 Å². The second-order valence-corrected chi connectivity index (χ2v) is 6.67. The van der Waals surface area contributed by atoms with Gasteiger partial charge in [0.1, 0.15) is 5.82 Å². The molecule has 0 aliphatic carbocycles. The van der Waals surface area contributed by atoms with Crippen LogP contribution >= 0.6 is 0 Å². The van der Waals surface area contributed by atoms with E-state index < -0.39 is 11.6 Å². The summed E-state index contributed by atoms with van der Waals surface area (Å²) in [7, 11) is 1.65. The molecule has 1 aliphatic heterocycles. The molecule has 10 heteroatoms. The zero-order valence-corrected chi connectivity index (χ0v) is 15.5. The van der Waals surface area contributed by atoms with Crippen LogP contribution < -0.4 is 10.6 Å². The molecule has 146 valence electrons. The number of fused-ring (bicyclic) bond motifs is 1. The molecule has 1 aromatic carbocycles. The topological polar surface area (TPSA) is 93.2 Å². The van der Waals surface area contributed by atoms with Gasteiger partial charge in [0.2, 0.25) is 11.9 Å². The van der Waals surface area contributed by atoms with Crippen molar-refractivity contribution in [1.29, 1.82) is 0 Å². The molecule has 4 rings (SSSR count). The lowest BCUT2D eigenvalue weighted by atomic mass is 10.1. The van der Waals surface area contributed by atoms with E-state index in [2.05, 4.69) is 15.1 Å². The second-order valence-electron chi connectivity index (χ2n) is 6.67. The van der Waals surface area contributed by atoms with Gasteiger partial charge in [0.05, 0.1) is 11.1 Å². The molecule has 0 unspecified atom stereocenters. The molecule has 28 heavy (non-hydrogen) atoms. The van der Waals surface area contributed by atoms with E-state index in [1.807, 2.05) is 4.90 Å². The summed E-state index contributed by atoms with van der Waals surface area (Å²) >= 11 is 0. The highest BCUT2D eigenvalue weighted by atomic mass is 19.2. The number of carbonyl (C=O) groups excluding carboxylic acids is 1. The van der Waals surface area contributed by atoms with Crippen LogP contribution in [0.2, 0.25) is 0 Å². The second kappa shape index (κ2) is 6.70. The molecule has 1 saturated heterocycles. The number of aromatic nitrogens is 4. The zero-order chi connectivity index (χ0) is 20.0. The van der Waals surface area contributed by atoms with Gasteiger partial charge < -0.3 is 15.5 Å². The van der Waals surface area contributed by atoms with Crippen molar-refractivity contribution in [3.63, 3.8) is 0 Å². The fourth-order valence-electron chi connectivity index (χ4n) is 3.35. The highest BCUT2D eigenvalue weighted by Gasteiger charge is 2.25. The Labute approximate surface area is 159 Å². The van der Waals surface area contributed by atoms with Crippen LogP contribution in [0.15, 0.2) is 18.2 Å². The molecule has 1 fully saturated rings. The lowest BCUT2D eigenvalue weighted by Crippen LogP contribution is -2.48. The van der Waals surface area contributed by atoms with Crippen molar-refractivity contribution in [2.45, 2.75) is 6.92 Å². The number of hydrogen-bond donors (Lipinski definition) is 1. The number of hydrogen-bond acceptors (Lipinski definition) is 6. The standard InChI is InChI=1S/C18H19F2N7O/c1-10(28)26-6-8-27(9-7-26)18-22-15(11-4-3-5-12(19)14(11)20)13-16(21)25(2)24-17(13)23-18/h3-5H,6-9,21H2,1-2H3. The van der Waals surface area contributed by atoms with Gasteiger partial charge in [0, 0.05) is 45.7 Å². The van der Waals surface area contributed by atoms with Crippen LogP contribution in [0.1, 0.15) is 6.92 Å². The Morgan fingerprint density at radius 3 is 2.54 bits per heavy atom. The highest BCUT2D eigenvalue weighted by molar-refractivity contribution is 5.99. The molecule has 1 aliphatic rings. The molecule has 2 N–H and O–H groups in total. The molecular weight excluding hydrogens is 368 g/mol. The highest BCUT2D eigenvalue weighted by Crippen LogP contribution is 2.33. The number of carbonyl (C=O) groups is 1. The van der Waals surface area contributed by atoms with Crippen molar-refractivity contribution in [1.82, 2.24) is 24.6 Å². The summed E-state index contributed by atoms with van der Waals surface area (Å²) in [4.78, 5) is 24.2. The third kappa shape index (κ3) is 2.90. The molecule has 0 atom stereocenters. The number of nitrogens with zero attached hydrogens (tertiary/aromatic N) is 6. The van der Waals surface area contributed by atoms with Crippen molar-refractivity contribution >= 4 is 28.7 Å². The molecule has 0 spiro atoms. The zero-order valence-electron chi connectivity index (χ0n) is 15.5. The summed E-state index contributed by atoms with van der Waals surface area (Å²) in [5, 5.41) is 4.66. The first-order valence-corrected chi connectivity index (χ1v) is 8.82. The first kappa shape index (κ1) is 18.1. The van der Waals surface area contributed by atoms with E-state index in [0.29, 0.717) is 43.2 Å². The Morgan fingerprint density at radius 1 is 1.14 bits per heavy atom. The SMILES string of the molecule is CC(=O)N1CCN(c2nc(-c3cccc(F)c3F)c3c(N)n(C)nc3n2)CC1. The maximum atomic E-state index is 14.5. The fraction of sp³-hybridized carbons (Fsp3) is 0.333. The van der Waals surface area contributed by atoms with Crippen molar-refractivity contribution < 1.29 is 13.6 Å². The van der Waals surface area contributed by atoms with Gasteiger partial charge in [0.15, 0.2) is 17.3 Å². The Kier molecular flexibility index (Phi) is 4.33. The molecule has 1 amide bonds. The first-order valence-electron chi connectivity index (χ1n) is 8.82. The number of piperazine rings is 1. The van der Waals surface area contributed by atoms with Gasteiger partial charge >= 0.3 is 0 Å². The van der Waals surface area contributed by atoms with Crippen LogP contribution in [-0.2, 0) is 11.8 Å². The number of amides is 1. The van der Waals surface area contributed by atoms with E-state index in [1.165, 1.54) is 23.7 Å². The van der Waals surface area contributed by atoms with E-state index in [1.54, 1.807) is 11.9 Å². The summed E-state index contributed by atoms with van der Waals surface area (Å²) < 4.78 is 29.8. The van der Waals surface area contributed by atoms with Crippen molar-refractivity contribution in [2.24, 2.45) is 7.05 Å². The Bertz CT molecular complexity index is 1070. The summed E-state index contributed by atoms with van der Waals surface area (Å²) in [6.07, 6.45) is 0. The van der Waals surface area contributed by atoms with Crippen LogP contribution in [0.25, 0.3) is 22.3 Å². The molecule has 0 saturated carbocycles. The maximum Gasteiger partial charge on any atom is 0.228 e. The number of nitrogens with two attached hydrogens (primary N) is 1. The molecular formula is C18H19F2N7O. The van der Waals surface area contributed by atoms with Crippen molar-refractivity contribution in [3.8, 4) is 11.3 Å². The molecule has 0 bridgehead atoms. The van der Waals surface area contributed by atoms with E-state index >= 15 is 0 Å². The third-order valence-corrected chi connectivity index (χ3v) is 4.94. The third-order valence-electron chi connectivity index (χ3n) is 4.94. The Hall–Kier alpha value is -3.30. The molecule has 3 aromatic rings. The number of aryl methyl sites for hydroxylation is 1. The number of rotatable bonds is 2. The average molecular weight is 387 g/mol. The number of halogens is 2. The molecule has 8 nitrogen and oxygen atoms in total. The van der Waals surface area contributed by atoms with Crippen LogP contribution in [0, 0.1) is 11.6 Å². The van der Waals surface area contributed by atoms with E-state index in [9.17, 15) is 13.6 Å². The Morgan fingerprint density at radius 2 is 1.86 bits per heavy atom. The summed E-state index contributed by atoms with van der Waals surface area (Å²) in [6.45, 7) is 3.64. The van der Waals surface area contributed by atoms with Gasteiger partial charge in [-0.05, 0) is 12.1 Å². The van der Waals surface area contributed by atoms with Crippen LogP contribution in [0.4, 0.5) is 20.5 Å². The van der Waals surface area contributed by atoms with Crippen LogP contribution in [0.3, 0.4) is 0 Å². The normalized spacial score (nSPS) is 14.7. The summed E-state index contributed by atoms with van der Waals surface area (Å²) in [6, 6.07) is 3.91. The van der Waals surface area contributed by atoms with E-state index in [4.69, 9.17) is 5.73 Å². The quantitative estimate of drug-likeness (QED) is 0.717. The van der Waals surface area contributed by atoms with Gasteiger partial charge in [-0.25, -0.2) is 13.8 Å². The summed E-state index contributed by atoms with van der Waals surface area (Å²) in [5.74, 6) is -1.36. The van der Waals surface area contributed by atoms with Gasteiger partial charge in [-0.1, -0.05) is 6.07 Å². The lowest BCUT2D eigenvalue weighted by Gasteiger charge is -2.34. The minimum absolute atomic E-state index is 0.00396. The van der Waals surface area contributed by atoms with Gasteiger partial charge in [0.25, 0.3) is 0 Å².